The van der Waals surface area contributed by atoms with Gasteiger partial charge in [0.05, 0.1) is 11.7 Å². The van der Waals surface area contributed by atoms with Gasteiger partial charge in [0.15, 0.2) is 0 Å². The Labute approximate surface area is 148 Å². The molecule has 5 nitrogen and oxygen atoms in total. The second kappa shape index (κ2) is 6.02. The molecule has 3 aromatic rings. The Morgan fingerprint density at radius 2 is 2.12 bits per heavy atom. The first kappa shape index (κ1) is 15.3. The van der Waals surface area contributed by atoms with Gasteiger partial charge < -0.3 is 5.32 Å². The minimum Gasteiger partial charge on any atom is -0.305 e. The van der Waals surface area contributed by atoms with Crippen LogP contribution in [0, 0.1) is 0 Å². The van der Waals surface area contributed by atoms with Crippen molar-refractivity contribution in [1.82, 2.24) is 14.8 Å². The number of carbonyl (C=O) groups excluding carboxylic acids is 1. The van der Waals surface area contributed by atoms with Gasteiger partial charge in [0.2, 0.25) is 0 Å². The lowest BCUT2D eigenvalue weighted by atomic mass is 9.80. The maximum Gasteiger partial charge on any atom is 0.275 e. The van der Waals surface area contributed by atoms with Crippen molar-refractivity contribution < 1.29 is 4.79 Å². The molecule has 1 amide bonds. The number of fused-ring (bicyclic) bond motifs is 1. The summed E-state index contributed by atoms with van der Waals surface area (Å²) in [7, 11) is 1.81. The van der Waals surface area contributed by atoms with E-state index in [4.69, 9.17) is 0 Å². The summed E-state index contributed by atoms with van der Waals surface area (Å²) in [6, 6.07) is 9.68. The lowest BCUT2D eigenvalue weighted by Crippen LogP contribution is -2.21. The molecule has 1 saturated carbocycles. The number of aromatic nitrogens is 3. The van der Waals surface area contributed by atoms with Gasteiger partial charge >= 0.3 is 0 Å². The summed E-state index contributed by atoms with van der Waals surface area (Å²) in [6.45, 7) is 0. The van der Waals surface area contributed by atoms with Crippen molar-refractivity contribution in [1.29, 1.82) is 0 Å². The molecule has 0 spiro atoms. The van der Waals surface area contributed by atoms with Crippen molar-refractivity contribution in [2.24, 2.45) is 7.05 Å². The topological polar surface area (TPSA) is 59.8 Å². The highest BCUT2D eigenvalue weighted by Crippen LogP contribution is 2.38. The molecule has 24 heavy (non-hydrogen) atoms. The fourth-order valence-corrected chi connectivity index (χ4v) is 3.58. The predicted molar refractivity (Wildman–Crippen MR) is 97.2 cm³/mol. The van der Waals surface area contributed by atoms with Gasteiger partial charge in [-0.15, -0.1) is 0 Å². The van der Waals surface area contributed by atoms with Crippen LogP contribution in [0.3, 0.4) is 0 Å². The molecular formula is C18H17BrN4O. The fourth-order valence-electron chi connectivity index (χ4n) is 3.11. The van der Waals surface area contributed by atoms with E-state index in [9.17, 15) is 4.79 Å². The molecule has 1 aliphatic rings. The van der Waals surface area contributed by atoms with Crippen molar-refractivity contribution >= 4 is 38.6 Å². The number of hydrogen-bond acceptors (Lipinski definition) is 3. The Balaban J connectivity index is 1.65. The summed E-state index contributed by atoms with van der Waals surface area (Å²) in [6.07, 6.45) is 5.31. The van der Waals surface area contributed by atoms with Crippen LogP contribution in [0.2, 0.25) is 0 Å². The SMILES string of the molecule is Cn1ncc(C2CCC2)c1C(=O)Nc1ccc2cccc(Br)c2n1. The van der Waals surface area contributed by atoms with Gasteiger partial charge in [-0.1, -0.05) is 18.6 Å². The van der Waals surface area contributed by atoms with E-state index in [0.29, 0.717) is 17.4 Å². The maximum absolute atomic E-state index is 12.8. The van der Waals surface area contributed by atoms with Crippen LogP contribution < -0.4 is 5.32 Å². The molecule has 1 aromatic carbocycles. The number of amides is 1. The molecular weight excluding hydrogens is 368 g/mol. The van der Waals surface area contributed by atoms with Gasteiger partial charge in [0.25, 0.3) is 5.91 Å². The van der Waals surface area contributed by atoms with E-state index in [1.165, 1.54) is 6.42 Å². The molecule has 6 heteroatoms. The minimum absolute atomic E-state index is 0.157. The molecule has 1 fully saturated rings. The Kier molecular flexibility index (Phi) is 3.84. The number of carbonyl (C=O) groups is 1. The lowest BCUT2D eigenvalue weighted by Gasteiger charge is -2.25. The average molecular weight is 385 g/mol. The van der Waals surface area contributed by atoms with Crippen LogP contribution in [0.25, 0.3) is 10.9 Å². The minimum atomic E-state index is -0.157. The van der Waals surface area contributed by atoms with Gasteiger partial charge in [-0.2, -0.15) is 5.10 Å². The van der Waals surface area contributed by atoms with Crippen molar-refractivity contribution in [3.05, 3.63) is 52.3 Å². The summed E-state index contributed by atoms with van der Waals surface area (Å²) in [4.78, 5) is 17.3. The van der Waals surface area contributed by atoms with Crippen LogP contribution in [-0.2, 0) is 7.05 Å². The number of benzene rings is 1. The number of pyridine rings is 1. The number of rotatable bonds is 3. The highest BCUT2D eigenvalue weighted by Gasteiger charge is 2.27. The van der Waals surface area contributed by atoms with Crippen molar-refractivity contribution in [2.75, 3.05) is 5.32 Å². The van der Waals surface area contributed by atoms with Crippen molar-refractivity contribution in [3.63, 3.8) is 0 Å². The van der Waals surface area contributed by atoms with E-state index >= 15 is 0 Å². The Morgan fingerprint density at radius 1 is 1.29 bits per heavy atom. The van der Waals surface area contributed by atoms with E-state index in [0.717, 1.165) is 33.8 Å². The molecule has 0 atom stereocenters. The number of hydrogen-bond donors (Lipinski definition) is 1. The van der Waals surface area contributed by atoms with Crippen molar-refractivity contribution in [3.8, 4) is 0 Å². The Bertz CT molecular complexity index is 930. The molecule has 2 heterocycles. The predicted octanol–water partition coefficient (Wildman–Crippen LogP) is 4.25. The molecule has 0 bridgehead atoms. The number of aryl methyl sites for hydroxylation is 1. The summed E-state index contributed by atoms with van der Waals surface area (Å²) >= 11 is 3.51. The number of anilines is 1. The second-order valence-electron chi connectivity index (χ2n) is 6.16. The number of halogens is 1. The van der Waals surface area contributed by atoms with E-state index < -0.39 is 0 Å². The van der Waals surface area contributed by atoms with Crippen LogP contribution >= 0.6 is 15.9 Å². The van der Waals surface area contributed by atoms with Crippen LogP contribution in [-0.4, -0.2) is 20.7 Å². The number of para-hydroxylation sites is 1. The van der Waals surface area contributed by atoms with Crippen LogP contribution in [0.15, 0.2) is 41.0 Å². The lowest BCUT2D eigenvalue weighted by molar-refractivity contribution is 0.101. The summed E-state index contributed by atoms with van der Waals surface area (Å²) in [5, 5.41) is 8.22. The van der Waals surface area contributed by atoms with Gasteiger partial charge in [-0.3, -0.25) is 9.48 Å². The monoisotopic (exact) mass is 384 g/mol. The third kappa shape index (κ3) is 2.60. The molecule has 122 valence electrons. The number of nitrogens with zero attached hydrogens (tertiary/aromatic N) is 3. The van der Waals surface area contributed by atoms with Gasteiger partial charge in [0.1, 0.15) is 11.5 Å². The quantitative estimate of drug-likeness (QED) is 0.733. The van der Waals surface area contributed by atoms with Crippen LogP contribution in [0.4, 0.5) is 5.82 Å². The first-order chi connectivity index (χ1) is 11.6. The molecule has 0 saturated heterocycles. The molecule has 1 N–H and O–H groups in total. The number of nitrogens with one attached hydrogen (secondary N) is 1. The largest absolute Gasteiger partial charge is 0.305 e. The molecule has 0 aliphatic heterocycles. The highest BCUT2D eigenvalue weighted by molar-refractivity contribution is 9.10. The first-order valence-electron chi connectivity index (χ1n) is 8.02. The Morgan fingerprint density at radius 3 is 2.88 bits per heavy atom. The van der Waals surface area contributed by atoms with E-state index in [1.807, 2.05) is 43.6 Å². The third-order valence-electron chi connectivity index (χ3n) is 4.64. The van der Waals surface area contributed by atoms with E-state index in [1.54, 1.807) is 4.68 Å². The molecule has 1 aliphatic carbocycles. The summed E-state index contributed by atoms with van der Waals surface area (Å²) < 4.78 is 2.56. The average Bonchev–Trinajstić information content (AvgIpc) is 2.88. The zero-order valence-electron chi connectivity index (χ0n) is 13.3. The summed E-state index contributed by atoms with van der Waals surface area (Å²) in [5.74, 6) is 0.842. The molecule has 2 aromatic heterocycles. The van der Waals surface area contributed by atoms with Gasteiger partial charge in [0, 0.05) is 22.5 Å². The zero-order chi connectivity index (χ0) is 16.7. The zero-order valence-corrected chi connectivity index (χ0v) is 14.9. The van der Waals surface area contributed by atoms with Crippen LogP contribution in [0.5, 0.6) is 0 Å². The molecule has 4 rings (SSSR count). The first-order valence-corrected chi connectivity index (χ1v) is 8.81. The van der Waals surface area contributed by atoms with E-state index in [2.05, 4.69) is 31.3 Å². The Hall–Kier alpha value is -2.21. The van der Waals surface area contributed by atoms with Gasteiger partial charge in [-0.25, -0.2) is 4.98 Å². The van der Waals surface area contributed by atoms with Gasteiger partial charge in [-0.05, 0) is 52.9 Å². The third-order valence-corrected chi connectivity index (χ3v) is 5.28. The van der Waals surface area contributed by atoms with Crippen molar-refractivity contribution in [2.45, 2.75) is 25.2 Å². The second-order valence-corrected chi connectivity index (χ2v) is 7.02. The van der Waals surface area contributed by atoms with E-state index in [-0.39, 0.29) is 5.91 Å². The molecule has 0 radical (unpaired) electrons. The van der Waals surface area contributed by atoms with Crippen LogP contribution in [0.1, 0.15) is 41.2 Å². The maximum atomic E-state index is 12.8. The normalized spacial score (nSPS) is 14.6. The smallest absolute Gasteiger partial charge is 0.275 e. The highest BCUT2D eigenvalue weighted by atomic mass is 79.9. The summed E-state index contributed by atoms with van der Waals surface area (Å²) in [5.41, 5.74) is 2.51. The fraction of sp³-hybridized carbons (Fsp3) is 0.278. The molecule has 0 unspecified atom stereocenters. The standard InChI is InChI=1S/C18H17BrN4O/c1-23-17(13(10-20-23)11-4-2-5-11)18(24)22-15-9-8-12-6-3-7-14(19)16(12)21-15/h3,6-11H,2,4-5H2,1H3,(H,21,22,24).